The number of aliphatic imine (C=N–C) groups is 1. The van der Waals surface area contributed by atoms with E-state index in [0.29, 0.717) is 36.1 Å². The van der Waals surface area contributed by atoms with E-state index in [9.17, 15) is 14.9 Å². The predicted molar refractivity (Wildman–Crippen MR) is 145 cm³/mol. The van der Waals surface area contributed by atoms with Crippen LogP contribution in [0.5, 0.6) is 5.75 Å². The summed E-state index contributed by atoms with van der Waals surface area (Å²) in [5.74, 6) is 0.154. The van der Waals surface area contributed by atoms with E-state index in [1.807, 2.05) is 65.0 Å². The van der Waals surface area contributed by atoms with Gasteiger partial charge in [0.2, 0.25) is 0 Å². The van der Waals surface area contributed by atoms with Crippen LogP contribution in [0.25, 0.3) is 5.70 Å². The van der Waals surface area contributed by atoms with Crippen molar-refractivity contribution in [3.05, 3.63) is 82.9 Å². The first-order valence-corrected chi connectivity index (χ1v) is 12.1. The monoisotopic (exact) mass is 485 g/mol. The Bertz CT molecular complexity index is 1180. The van der Waals surface area contributed by atoms with Gasteiger partial charge in [0.25, 0.3) is 5.91 Å². The molecule has 2 rings (SSSR count). The molecule has 0 bridgehead atoms. The van der Waals surface area contributed by atoms with Crippen LogP contribution in [-0.4, -0.2) is 30.1 Å². The number of benzene rings is 2. The lowest BCUT2D eigenvalue weighted by Gasteiger charge is -2.19. The minimum atomic E-state index is -0.295. The fourth-order valence-corrected chi connectivity index (χ4v) is 3.55. The number of nitriles is 1. The van der Waals surface area contributed by atoms with Gasteiger partial charge >= 0.3 is 0 Å². The smallest absolute Gasteiger partial charge is 0.251 e. The maximum atomic E-state index is 13.0. The largest absolute Gasteiger partial charge is 0.490 e. The molecule has 1 N–H and O–H groups in total. The molecule has 0 heterocycles. The second-order valence-corrected chi connectivity index (χ2v) is 8.96. The Kier molecular flexibility index (Phi) is 10.8. The fourth-order valence-electron chi connectivity index (χ4n) is 3.55. The van der Waals surface area contributed by atoms with Crippen LogP contribution in [0.4, 0.5) is 0 Å². The van der Waals surface area contributed by atoms with Crippen LogP contribution in [0.1, 0.15) is 74.5 Å². The summed E-state index contributed by atoms with van der Waals surface area (Å²) in [6.45, 7) is 13.5. The summed E-state index contributed by atoms with van der Waals surface area (Å²) < 4.78 is 5.64. The van der Waals surface area contributed by atoms with Gasteiger partial charge in [-0.05, 0) is 82.4 Å². The van der Waals surface area contributed by atoms with E-state index in [1.165, 1.54) is 6.07 Å². The van der Waals surface area contributed by atoms with E-state index < -0.39 is 0 Å². The zero-order valence-electron chi connectivity index (χ0n) is 21.8. The van der Waals surface area contributed by atoms with Crippen molar-refractivity contribution >= 4 is 23.6 Å². The van der Waals surface area contributed by atoms with E-state index in [0.717, 1.165) is 34.4 Å². The third-order valence-corrected chi connectivity index (χ3v) is 5.60. The molecule has 0 spiro atoms. The van der Waals surface area contributed by atoms with Crippen LogP contribution in [0.3, 0.4) is 0 Å². The van der Waals surface area contributed by atoms with Gasteiger partial charge in [-0.3, -0.25) is 9.79 Å². The number of amides is 1. The zero-order valence-corrected chi connectivity index (χ0v) is 21.8. The number of nitrogens with one attached hydrogen (secondary N) is 1. The van der Waals surface area contributed by atoms with Crippen molar-refractivity contribution in [2.75, 3.05) is 0 Å². The molecule has 0 saturated heterocycles. The van der Waals surface area contributed by atoms with Crippen molar-refractivity contribution in [3.8, 4) is 11.8 Å². The third-order valence-electron chi connectivity index (χ3n) is 5.60. The van der Waals surface area contributed by atoms with Crippen LogP contribution >= 0.6 is 0 Å². The van der Waals surface area contributed by atoms with Crippen molar-refractivity contribution in [2.24, 2.45) is 4.99 Å². The minimum Gasteiger partial charge on any atom is -0.490 e. The highest BCUT2D eigenvalue weighted by Crippen LogP contribution is 2.22. The van der Waals surface area contributed by atoms with E-state index in [-0.39, 0.29) is 18.1 Å². The normalized spacial score (nSPS) is 12.6. The zero-order chi connectivity index (χ0) is 26.7. The van der Waals surface area contributed by atoms with Crippen LogP contribution in [0, 0.1) is 11.3 Å². The second kappa shape index (κ2) is 13.8. The number of carbonyl (C=O) groups excluding carboxylic acids is 2. The number of hydrogen-bond donors (Lipinski definition) is 1. The number of hydrogen-bond acceptors (Lipinski definition) is 5. The molecule has 0 aliphatic rings. The quantitative estimate of drug-likeness (QED) is 0.292. The SMILES string of the molecule is C=C(C)C(C)=N/C(=C\C)c1ccc(C[C@@H](CCC=O)NC(=O)c2ccc(OC(C)C)c(C#N)c2)cc1. The van der Waals surface area contributed by atoms with Gasteiger partial charge < -0.3 is 14.8 Å². The molecule has 0 saturated carbocycles. The van der Waals surface area contributed by atoms with Crippen LogP contribution in [0.15, 0.2) is 65.7 Å². The Morgan fingerprint density at radius 1 is 1.17 bits per heavy atom. The molecule has 0 radical (unpaired) electrons. The Labute approximate surface area is 214 Å². The number of rotatable bonds is 12. The molecule has 0 aliphatic carbocycles. The number of nitrogens with zero attached hydrogens (tertiary/aromatic N) is 2. The topological polar surface area (TPSA) is 91.6 Å². The summed E-state index contributed by atoms with van der Waals surface area (Å²) in [6.07, 6.45) is 4.15. The molecule has 0 unspecified atom stereocenters. The standard InChI is InChI=1S/C30H35N3O3/c1-7-28(32-22(6)20(2)3)24-12-10-23(11-13-24)17-27(9-8-16-34)33-30(35)25-14-15-29(36-21(4)5)26(18-25)19-31/h7,10-16,18,21,27H,2,8-9,17H2,1,3-6H3,(H,33,35)/b28-7-,32-22?/t27-/m1/s1. The van der Waals surface area contributed by atoms with E-state index in [4.69, 9.17) is 4.74 Å². The van der Waals surface area contributed by atoms with Crippen molar-refractivity contribution in [1.82, 2.24) is 5.32 Å². The van der Waals surface area contributed by atoms with Gasteiger partial charge in [0.15, 0.2) is 0 Å². The summed E-state index contributed by atoms with van der Waals surface area (Å²) in [5, 5.41) is 12.5. The Hall–Kier alpha value is -3.98. The van der Waals surface area contributed by atoms with Gasteiger partial charge in [0.1, 0.15) is 18.1 Å². The highest BCUT2D eigenvalue weighted by atomic mass is 16.5. The lowest BCUT2D eigenvalue weighted by atomic mass is 9.99. The highest BCUT2D eigenvalue weighted by Gasteiger charge is 2.17. The molecule has 1 amide bonds. The molecular weight excluding hydrogens is 450 g/mol. The molecule has 36 heavy (non-hydrogen) atoms. The van der Waals surface area contributed by atoms with Gasteiger partial charge in [-0.25, -0.2) is 0 Å². The molecule has 0 aliphatic heterocycles. The number of allylic oxidation sites excluding steroid dienone is 2. The Balaban J connectivity index is 2.18. The molecule has 0 fully saturated rings. The van der Waals surface area contributed by atoms with Crippen LogP contribution in [0.2, 0.25) is 0 Å². The summed E-state index contributed by atoms with van der Waals surface area (Å²) in [7, 11) is 0. The average molecular weight is 486 g/mol. The van der Waals surface area contributed by atoms with E-state index in [1.54, 1.807) is 12.1 Å². The second-order valence-electron chi connectivity index (χ2n) is 8.96. The minimum absolute atomic E-state index is 0.0817. The van der Waals surface area contributed by atoms with Crippen LogP contribution in [-0.2, 0) is 11.2 Å². The number of carbonyl (C=O) groups is 2. The lowest BCUT2D eigenvalue weighted by molar-refractivity contribution is -0.108. The van der Waals surface area contributed by atoms with Crippen molar-refractivity contribution in [1.29, 1.82) is 5.26 Å². The van der Waals surface area contributed by atoms with Gasteiger partial charge in [-0.1, -0.05) is 36.9 Å². The number of aldehydes is 1. The Morgan fingerprint density at radius 2 is 1.83 bits per heavy atom. The van der Waals surface area contributed by atoms with Gasteiger partial charge in [-0.15, -0.1) is 0 Å². The molecule has 1 atom stereocenters. The van der Waals surface area contributed by atoms with Gasteiger partial charge in [0.05, 0.1) is 17.4 Å². The molecule has 6 heteroatoms. The van der Waals surface area contributed by atoms with E-state index >= 15 is 0 Å². The maximum Gasteiger partial charge on any atom is 0.251 e. The summed E-state index contributed by atoms with van der Waals surface area (Å²) in [6, 6.07) is 14.7. The molecule has 0 aromatic heterocycles. The fraction of sp³-hybridized carbons (Fsp3) is 0.333. The molecule has 188 valence electrons. The lowest BCUT2D eigenvalue weighted by Crippen LogP contribution is -2.36. The Morgan fingerprint density at radius 3 is 2.39 bits per heavy atom. The summed E-state index contributed by atoms with van der Waals surface area (Å²) in [5.41, 5.74) is 5.37. The molecule has 6 nitrogen and oxygen atoms in total. The van der Waals surface area contributed by atoms with Crippen molar-refractivity contribution < 1.29 is 14.3 Å². The highest BCUT2D eigenvalue weighted by molar-refractivity contribution is 6.00. The first-order valence-electron chi connectivity index (χ1n) is 12.1. The van der Waals surface area contributed by atoms with Crippen molar-refractivity contribution in [3.63, 3.8) is 0 Å². The average Bonchev–Trinajstić information content (AvgIpc) is 2.85. The molecule has 2 aromatic rings. The first kappa shape index (κ1) is 28.3. The summed E-state index contributed by atoms with van der Waals surface area (Å²) in [4.78, 5) is 28.7. The molecule has 2 aromatic carbocycles. The van der Waals surface area contributed by atoms with Crippen molar-refractivity contribution in [2.45, 2.75) is 66.0 Å². The number of ether oxygens (including phenoxy) is 1. The van der Waals surface area contributed by atoms with Gasteiger partial charge in [-0.2, -0.15) is 5.26 Å². The van der Waals surface area contributed by atoms with Gasteiger partial charge in [0, 0.05) is 23.7 Å². The molecular formula is C30H35N3O3. The van der Waals surface area contributed by atoms with E-state index in [2.05, 4.69) is 23.0 Å². The summed E-state index contributed by atoms with van der Waals surface area (Å²) >= 11 is 0. The first-order chi connectivity index (χ1) is 17.2. The predicted octanol–water partition coefficient (Wildman–Crippen LogP) is 6.06. The maximum absolute atomic E-state index is 13.0. The van der Waals surface area contributed by atoms with Crippen LogP contribution < -0.4 is 10.1 Å². The third kappa shape index (κ3) is 8.35.